The van der Waals surface area contributed by atoms with Crippen LogP contribution in [-0.4, -0.2) is 20.8 Å². The maximum atomic E-state index is 11.9. The van der Waals surface area contributed by atoms with Crippen LogP contribution < -0.4 is 5.32 Å². The molecule has 0 spiro atoms. The molecule has 2 aromatic carbocycles. The van der Waals surface area contributed by atoms with Crippen molar-refractivity contribution in [1.29, 1.82) is 0 Å². The minimum Gasteiger partial charge on any atom is -0.345 e. The third-order valence-electron chi connectivity index (χ3n) is 3.38. The molecular weight excluding hydrogens is 308 g/mol. The number of rotatable bonds is 5. The second-order valence-electron chi connectivity index (χ2n) is 5.10. The number of hydrogen-bond donors (Lipinski definition) is 2. The van der Waals surface area contributed by atoms with E-state index in [1.54, 1.807) is 12.1 Å². The molecule has 0 atom stereocenters. The van der Waals surface area contributed by atoms with Gasteiger partial charge in [-0.1, -0.05) is 24.3 Å². The number of nitro groups is 1. The highest BCUT2D eigenvalue weighted by Crippen LogP contribution is 2.14. The summed E-state index contributed by atoms with van der Waals surface area (Å²) in [6, 6.07) is 13.7. The maximum absolute atomic E-state index is 11.9. The van der Waals surface area contributed by atoms with E-state index >= 15 is 0 Å². The first-order chi connectivity index (χ1) is 11.6. The van der Waals surface area contributed by atoms with Crippen LogP contribution in [0.4, 0.5) is 5.69 Å². The predicted octanol–water partition coefficient (Wildman–Crippen LogP) is 2.80. The van der Waals surface area contributed by atoms with Crippen molar-refractivity contribution in [2.45, 2.75) is 6.54 Å². The Hall–Kier alpha value is -3.48. The van der Waals surface area contributed by atoms with Crippen LogP contribution in [-0.2, 0) is 11.3 Å². The van der Waals surface area contributed by atoms with E-state index in [2.05, 4.69) is 15.3 Å². The van der Waals surface area contributed by atoms with Gasteiger partial charge in [-0.2, -0.15) is 0 Å². The van der Waals surface area contributed by atoms with Crippen molar-refractivity contribution < 1.29 is 9.72 Å². The zero-order chi connectivity index (χ0) is 16.9. The molecule has 0 fully saturated rings. The van der Waals surface area contributed by atoms with E-state index in [1.165, 1.54) is 24.3 Å². The SMILES string of the molecule is O=C(/C=C/c1cccc([N+](=O)[O-])c1)NCc1nc2ccccc2[nH]1. The van der Waals surface area contributed by atoms with E-state index < -0.39 is 4.92 Å². The number of para-hydroxylation sites is 2. The summed E-state index contributed by atoms with van der Waals surface area (Å²) in [4.78, 5) is 29.6. The smallest absolute Gasteiger partial charge is 0.270 e. The van der Waals surface area contributed by atoms with E-state index in [9.17, 15) is 14.9 Å². The van der Waals surface area contributed by atoms with Gasteiger partial charge in [0.05, 0.1) is 22.5 Å². The Morgan fingerprint density at radius 2 is 2.08 bits per heavy atom. The van der Waals surface area contributed by atoms with Gasteiger partial charge in [-0.25, -0.2) is 4.98 Å². The Balaban J connectivity index is 1.61. The summed E-state index contributed by atoms with van der Waals surface area (Å²) in [7, 11) is 0. The molecule has 0 aliphatic carbocycles. The lowest BCUT2D eigenvalue weighted by Gasteiger charge is -1.98. The molecule has 2 N–H and O–H groups in total. The molecule has 1 amide bonds. The van der Waals surface area contributed by atoms with Crippen LogP contribution in [0, 0.1) is 10.1 Å². The monoisotopic (exact) mass is 322 g/mol. The molecule has 1 aromatic heterocycles. The number of fused-ring (bicyclic) bond motifs is 1. The number of aromatic nitrogens is 2. The second kappa shape index (κ2) is 6.74. The second-order valence-corrected chi connectivity index (χ2v) is 5.10. The molecule has 7 nitrogen and oxygen atoms in total. The number of nitro benzene ring substituents is 1. The van der Waals surface area contributed by atoms with Gasteiger partial charge in [0.15, 0.2) is 0 Å². The normalized spacial score (nSPS) is 11.0. The van der Waals surface area contributed by atoms with Crippen molar-refractivity contribution in [3.8, 4) is 0 Å². The summed E-state index contributed by atoms with van der Waals surface area (Å²) in [5, 5.41) is 13.4. The van der Waals surface area contributed by atoms with Crippen molar-refractivity contribution >= 4 is 28.7 Å². The van der Waals surface area contributed by atoms with E-state index in [0.717, 1.165) is 11.0 Å². The van der Waals surface area contributed by atoms with Crippen LogP contribution in [0.15, 0.2) is 54.6 Å². The molecule has 0 aliphatic heterocycles. The molecule has 24 heavy (non-hydrogen) atoms. The van der Waals surface area contributed by atoms with Gasteiger partial charge >= 0.3 is 0 Å². The number of amides is 1. The van der Waals surface area contributed by atoms with Gasteiger partial charge in [-0.3, -0.25) is 14.9 Å². The maximum Gasteiger partial charge on any atom is 0.270 e. The largest absolute Gasteiger partial charge is 0.345 e. The minimum atomic E-state index is -0.473. The number of carbonyl (C=O) groups is 1. The molecule has 0 saturated carbocycles. The van der Waals surface area contributed by atoms with Gasteiger partial charge < -0.3 is 10.3 Å². The standard InChI is InChI=1S/C17H14N4O3/c22-17(9-8-12-4-3-5-13(10-12)21(23)24)18-11-16-19-14-6-1-2-7-15(14)20-16/h1-10H,11H2,(H,18,22)(H,19,20)/b9-8+. The fourth-order valence-electron chi connectivity index (χ4n) is 2.23. The summed E-state index contributed by atoms with van der Waals surface area (Å²) in [6.07, 6.45) is 2.86. The molecule has 3 aromatic rings. The Morgan fingerprint density at radius 1 is 1.25 bits per heavy atom. The number of aromatic amines is 1. The van der Waals surface area contributed by atoms with Gasteiger partial charge in [-0.05, 0) is 23.8 Å². The van der Waals surface area contributed by atoms with Crippen molar-refractivity contribution in [2.24, 2.45) is 0 Å². The molecule has 0 saturated heterocycles. The van der Waals surface area contributed by atoms with Gasteiger partial charge in [0.2, 0.25) is 5.91 Å². The number of hydrogen-bond acceptors (Lipinski definition) is 4. The molecule has 1 heterocycles. The van der Waals surface area contributed by atoms with Gasteiger partial charge in [0.1, 0.15) is 5.82 Å². The van der Waals surface area contributed by atoms with Gasteiger partial charge in [0.25, 0.3) is 5.69 Å². The van der Waals surface area contributed by atoms with Crippen molar-refractivity contribution in [2.75, 3.05) is 0 Å². The van der Waals surface area contributed by atoms with Crippen LogP contribution in [0.5, 0.6) is 0 Å². The van der Waals surface area contributed by atoms with Gasteiger partial charge in [0, 0.05) is 18.2 Å². The molecule has 0 radical (unpaired) electrons. The fraction of sp³-hybridized carbons (Fsp3) is 0.0588. The number of non-ortho nitro benzene ring substituents is 1. The van der Waals surface area contributed by atoms with Crippen molar-refractivity contribution in [3.05, 3.63) is 76.1 Å². The lowest BCUT2D eigenvalue weighted by atomic mass is 10.2. The molecule has 0 aliphatic rings. The molecule has 7 heteroatoms. The highest BCUT2D eigenvalue weighted by molar-refractivity contribution is 5.91. The van der Waals surface area contributed by atoms with E-state index in [-0.39, 0.29) is 18.1 Å². The third-order valence-corrected chi connectivity index (χ3v) is 3.38. The van der Waals surface area contributed by atoms with E-state index in [0.29, 0.717) is 11.4 Å². The number of H-pyrrole nitrogens is 1. The van der Waals surface area contributed by atoms with Crippen molar-refractivity contribution in [1.82, 2.24) is 15.3 Å². The average molecular weight is 322 g/mol. The highest BCUT2D eigenvalue weighted by Gasteiger charge is 2.05. The topological polar surface area (TPSA) is 101 Å². The van der Waals surface area contributed by atoms with Crippen LogP contribution >= 0.6 is 0 Å². The van der Waals surface area contributed by atoms with Crippen LogP contribution in [0.3, 0.4) is 0 Å². The molecule has 0 bridgehead atoms. The Labute approximate surface area is 137 Å². The number of carbonyl (C=O) groups excluding carboxylic acids is 1. The summed E-state index contributed by atoms with van der Waals surface area (Å²) in [5.41, 5.74) is 2.32. The van der Waals surface area contributed by atoms with Gasteiger partial charge in [-0.15, -0.1) is 0 Å². The van der Waals surface area contributed by atoms with Crippen LogP contribution in [0.25, 0.3) is 17.1 Å². The molecular formula is C17H14N4O3. The number of benzene rings is 2. The summed E-state index contributed by atoms with van der Waals surface area (Å²) >= 11 is 0. The molecule has 0 unspecified atom stereocenters. The quantitative estimate of drug-likeness (QED) is 0.428. The summed E-state index contributed by atoms with van der Waals surface area (Å²) in [5.74, 6) is 0.357. The minimum absolute atomic E-state index is 0.0140. The summed E-state index contributed by atoms with van der Waals surface area (Å²) in [6.45, 7) is 0.271. The van der Waals surface area contributed by atoms with Crippen LogP contribution in [0.1, 0.15) is 11.4 Å². The molecule has 120 valence electrons. The lowest BCUT2D eigenvalue weighted by molar-refractivity contribution is -0.384. The predicted molar refractivity (Wildman–Crippen MR) is 90.1 cm³/mol. The lowest BCUT2D eigenvalue weighted by Crippen LogP contribution is -2.20. The number of nitrogens with one attached hydrogen (secondary N) is 2. The Bertz CT molecular complexity index is 897. The number of nitrogens with zero attached hydrogens (tertiary/aromatic N) is 2. The van der Waals surface area contributed by atoms with E-state index in [1.807, 2.05) is 24.3 Å². The van der Waals surface area contributed by atoms with Crippen molar-refractivity contribution in [3.63, 3.8) is 0 Å². The molecule has 3 rings (SSSR count). The average Bonchev–Trinajstić information content (AvgIpc) is 3.01. The number of imidazole rings is 1. The third kappa shape index (κ3) is 3.64. The highest BCUT2D eigenvalue weighted by atomic mass is 16.6. The van der Waals surface area contributed by atoms with Crippen LogP contribution in [0.2, 0.25) is 0 Å². The zero-order valence-corrected chi connectivity index (χ0v) is 12.6. The summed E-state index contributed by atoms with van der Waals surface area (Å²) < 4.78 is 0. The first-order valence-corrected chi connectivity index (χ1v) is 7.26. The fourth-order valence-corrected chi connectivity index (χ4v) is 2.23. The Morgan fingerprint density at radius 3 is 2.88 bits per heavy atom. The Kier molecular flexibility index (Phi) is 4.33. The first-order valence-electron chi connectivity index (χ1n) is 7.26. The van der Waals surface area contributed by atoms with E-state index in [4.69, 9.17) is 0 Å². The zero-order valence-electron chi connectivity index (χ0n) is 12.6. The first kappa shape index (κ1) is 15.4.